The zero-order chi connectivity index (χ0) is 12.7. The number of amides is 1. The Kier molecular flexibility index (Phi) is 4.52. The maximum atomic E-state index is 10.8. The summed E-state index contributed by atoms with van der Waals surface area (Å²) in [6.07, 6.45) is 4.69. The van der Waals surface area contributed by atoms with Crippen molar-refractivity contribution in [2.75, 3.05) is 7.11 Å². The first-order valence-corrected chi connectivity index (χ1v) is 4.90. The average molecular weight is 228 g/mol. The second-order valence-electron chi connectivity index (χ2n) is 3.16. The van der Waals surface area contributed by atoms with Gasteiger partial charge in [-0.2, -0.15) is 5.26 Å². The molecule has 0 aliphatic heterocycles. The van der Waals surface area contributed by atoms with Crippen LogP contribution in [0, 0.1) is 11.3 Å². The van der Waals surface area contributed by atoms with Crippen LogP contribution in [0.15, 0.2) is 42.0 Å². The first-order valence-electron chi connectivity index (χ1n) is 4.90. The van der Waals surface area contributed by atoms with E-state index in [-0.39, 0.29) is 5.57 Å². The van der Waals surface area contributed by atoms with Gasteiger partial charge in [0.25, 0.3) is 5.91 Å². The van der Waals surface area contributed by atoms with Crippen LogP contribution >= 0.6 is 0 Å². The molecule has 0 saturated heterocycles. The second-order valence-corrected chi connectivity index (χ2v) is 3.16. The summed E-state index contributed by atoms with van der Waals surface area (Å²) in [5.41, 5.74) is 5.76. The summed E-state index contributed by atoms with van der Waals surface area (Å²) < 4.78 is 5.15. The third kappa shape index (κ3) is 3.50. The Morgan fingerprint density at radius 1 is 1.47 bits per heavy atom. The molecule has 0 aliphatic rings. The Morgan fingerprint density at radius 2 is 2.18 bits per heavy atom. The molecule has 0 aromatic heterocycles. The van der Waals surface area contributed by atoms with Gasteiger partial charge in [-0.25, -0.2) is 0 Å². The maximum Gasteiger partial charge on any atom is 0.259 e. The van der Waals surface area contributed by atoms with Crippen molar-refractivity contribution in [1.82, 2.24) is 0 Å². The number of nitrogens with two attached hydrogens (primary N) is 1. The van der Waals surface area contributed by atoms with Gasteiger partial charge in [-0.15, -0.1) is 0 Å². The topological polar surface area (TPSA) is 76.1 Å². The maximum absolute atomic E-state index is 10.8. The van der Waals surface area contributed by atoms with Crippen LogP contribution in [0.25, 0.3) is 6.08 Å². The number of carbonyl (C=O) groups excluding carboxylic acids is 1. The van der Waals surface area contributed by atoms with E-state index in [9.17, 15) is 4.79 Å². The summed E-state index contributed by atoms with van der Waals surface area (Å²) in [5.74, 6) is -0.0214. The summed E-state index contributed by atoms with van der Waals surface area (Å²) in [7, 11) is 1.58. The lowest BCUT2D eigenvalue weighted by atomic mass is 10.1. The van der Waals surface area contributed by atoms with Crippen LogP contribution in [-0.4, -0.2) is 13.0 Å². The monoisotopic (exact) mass is 228 g/mol. The Bertz CT molecular complexity index is 510. The number of hydrogen-bond donors (Lipinski definition) is 1. The standard InChI is InChI=1S/C13H12N2O2/c1-17-12-8-3-2-5-10(12)6-4-7-11(9-14)13(15)16/h2-8H,1H3,(H2,15,16)/b6-4+,11-7+. The molecule has 0 heterocycles. The number of carbonyl (C=O) groups is 1. The summed E-state index contributed by atoms with van der Waals surface area (Å²) in [6.45, 7) is 0. The summed E-state index contributed by atoms with van der Waals surface area (Å²) in [4.78, 5) is 10.8. The highest BCUT2D eigenvalue weighted by atomic mass is 16.5. The number of nitriles is 1. The third-order valence-electron chi connectivity index (χ3n) is 2.06. The van der Waals surface area contributed by atoms with Gasteiger partial charge in [0.05, 0.1) is 7.11 Å². The molecule has 17 heavy (non-hydrogen) atoms. The normalized spacial score (nSPS) is 11.2. The highest BCUT2D eigenvalue weighted by molar-refractivity contribution is 5.96. The highest BCUT2D eigenvalue weighted by Gasteiger charge is 2.00. The van der Waals surface area contributed by atoms with E-state index in [1.807, 2.05) is 24.3 Å². The first kappa shape index (κ1) is 12.5. The van der Waals surface area contributed by atoms with Crippen molar-refractivity contribution in [1.29, 1.82) is 5.26 Å². The van der Waals surface area contributed by atoms with Crippen molar-refractivity contribution < 1.29 is 9.53 Å². The van der Waals surface area contributed by atoms with E-state index in [0.29, 0.717) is 0 Å². The Balaban J connectivity index is 2.92. The fourth-order valence-electron chi connectivity index (χ4n) is 1.23. The molecular formula is C13H12N2O2. The van der Waals surface area contributed by atoms with Crippen molar-refractivity contribution in [2.24, 2.45) is 5.73 Å². The third-order valence-corrected chi connectivity index (χ3v) is 2.06. The highest BCUT2D eigenvalue weighted by Crippen LogP contribution is 2.18. The molecule has 0 saturated carbocycles. The van der Waals surface area contributed by atoms with Gasteiger partial charge < -0.3 is 10.5 Å². The van der Waals surface area contributed by atoms with Crippen molar-refractivity contribution in [3.05, 3.63) is 47.6 Å². The number of allylic oxidation sites excluding steroid dienone is 2. The number of para-hydroxylation sites is 1. The van der Waals surface area contributed by atoms with Crippen molar-refractivity contribution >= 4 is 12.0 Å². The van der Waals surface area contributed by atoms with Crippen molar-refractivity contribution in [3.63, 3.8) is 0 Å². The molecule has 86 valence electrons. The first-order chi connectivity index (χ1) is 8.19. The fourth-order valence-corrected chi connectivity index (χ4v) is 1.23. The molecule has 1 amide bonds. The Labute approximate surface area is 99.6 Å². The van der Waals surface area contributed by atoms with Gasteiger partial charge in [0.15, 0.2) is 0 Å². The van der Waals surface area contributed by atoms with Crippen LogP contribution < -0.4 is 10.5 Å². The van der Waals surface area contributed by atoms with Crippen LogP contribution in [0.1, 0.15) is 5.56 Å². The van der Waals surface area contributed by atoms with Crippen molar-refractivity contribution in [2.45, 2.75) is 0 Å². The summed E-state index contributed by atoms with van der Waals surface area (Å²) in [6, 6.07) is 9.13. The molecule has 2 N–H and O–H groups in total. The van der Waals surface area contributed by atoms with E-state index in [0.717, 1.165) is 11.3 Å². The van der Waals surface area contributed by atoms with Gasteiger partial charge in [-0.1, -0.05) is 30.4 Å². The molecule has 4 nitrogen and oxygen atoms in total. The predicted octanol–water partition coefficient (Wildman–Crippen LogP) is 1.64. The molecule has 0 atom stereocenters. The number of methoxy groups -OCH3 is 1. The van der Waals surface area contributed by atoms with E-state index in [2.05, 4.69) is 0 Å². The minimum absolute atomic E-state index is 0.0869. The minimum atomic E-state index is -0.739. The smallest absolute Gasteiger partial charge is 0.259 e. The molecule has 0 spiro atoms. The van der Waals surface area contributed by atoms with Gasteiger partial charge in [-0.05, 0) is 12.1 Å². The molecule has 0 fully saturated rings. The van der Waals surface area contributed by atoms with Crippen LogP contribution in [0.2, 0.25) is 0 Å². The van der Waals surface area contributed by atoms with E-state index < -0.39 is 5.91 Å². The van der Waals surface area contributed by atoms with E-state index in [1.165, 1.54) is 6.08 Å². The fraction of sp³-hybridized carbons (Fsp3) is 0.0769. The van der Waals surface area contributed by atoms with Crippen LogP contribution in [0.3, 0.4) is 0 Å². The Morgan fingerprint density at radius 3 is 2.76 bits per heavy atom. The molecule has 0 unspecified atom stereocenters. The molecule has 1 rings (SSSR count). The lowest BCUT2D eigenvalue weighted by Gasteiger charge is -2.02. The van der Waals surface area contributed by atoms with Crippen LogP contribution in [-0.2, 0) is 4.79 Å². The lowest BCUT2D eigenvalue weighted by molar-refractivity contribution is -0.114. The molecule has 1 aromatic carbocycles. The number of benzene rings is 1. The average Bonchev–Trinajstić information content (AvgIpc) is 2.34. The minimum Gasteiger partial charge on any atom is -0.496 e. The second kappa shape index (κ2) is 6.13. The van der Waals surface area contributed by atoms with Gasteiger partial charge in [-0.3, -0.25) is 4.79 Å². The lowest BCUT2D eigenvalue weighted by Crippen LogP contribution is -2.12. The number of nitrogens with zero attached hydrogens (tertiary/aromatic N) is 1. The number of primary amides is 1. The Hall–Kier alpha value is -2.54. The van der Waals surface area contributed by atoms with Crippen molar-refractivity contribution in [3.8, 4) is 11.8 Å². The van der Waals surface area contributed by atoms with Gasteiger partial charge in [0.1, 0.15) is 17.4 Å². The zero-order valence-corrected chi connectivity index (χ0v) is 9.38. The molecule has 0 bridgehead atoms. The largest absolute Gasteiger partial charge is 0.496 e. The molecule has 0 radical (unpaired) electrons. The van der Waals surface area contributed by atoms with Crippen LogP contribution in [0.5, 0.6) is 5.75 Å². The van der Waals surface area contributed by atoms with E-state index in [1.54, 1.807) is 25.3 Å². The number of hydrogen-bond acceptors (Lipinski definition) is 3. The summed E-state index contributed by atoms with van der Waals surface area (Å²) in [5, 5.41) is 8.62. The SMILES string of the molecule is COc1ccccc1/C=C/C=C(\C#N)C(N)=O. The quantitative estimate of drug-likeness (QED) is 0.483. The zero-order valence-electron chi connectivity index (χ0n) is 9.38. The molecular weight excluding hydrogens is 216 g/mol. The predicted molar refractivity (Wildman–Crippen MR) is 64.9 cm³/mol. The van der Waals surface area contributed by atoms with Gasteiger partial charge in [0.2, 0.25) is 0 Å². The van der Waals surface area contributed by atoms with Gasteiger partial charge in [0, 0.05) is 5.56 Å². The molecule has 4 heteroatoms. The summed E-state index contributed by atoms with van der Waals surface area (Å²) >= 11 is 0. The molecule has 1 aromatic rings. The van der Waals surface area contributed by atoms with E-state index >= 15 is 0 Å². The molecule has 0 aliphatic carbocycles. The number of rotatable bonds is 4. The number of ether oxygens (including phenoxy) is 1. The van der Waals surface area contributed by atoms with Gasteiger partial charge >= 0.3 is 0 Å². The van der Waals surface area contributed by atoms with Crippen LogP contribution in [0.4, 0.5) is 0 Å². The van der Waals surface area contributed by atoms with E-state index in [4.69, 9.17) is 15.7 Å².